The summed E-state index contributed by atoms with van der Waals surface area (Å²) < 4.78 is 1.73. The molecule has 1 aromatic carbocycles. The molecule has 0 saturated carbocycles. The highest BCUT2D eigenvalue weighted by molar-refractivity contribution is 5.62. The predicted octanol–water partition coefficient (Wildman–Crippen LogP) is 2.82. The first-order valence-corrected chi connectivity index (χ1v) is 6.06. The summed E-state index contributed by atoms with van der Waals surface area (Å²) in [6, 6.07) is 12.0. The average Bonchev–Trinajstić information content (AvgIpc) is 2.93. The molecule has 0 saturated heterocycles. The second kappa shape index (κ2) is 4.57. The molecule has 4 nitrogen and oxygen atoms in total. The Balaban J connectivity index is 1.99. The maximum atomic E-state index is 5.89. The predicted molar refractivity (Wildman–Crippen MR) is 75.9 cm³/mol. The average molecular weight is 250 g/mol. The van der Waals surface area contributed by atoms with E-state index in [0.29, 0.717) is 0 Å². The lowest BCUT2D eigenvalue weighted by Crippen LogP contribution is -2.00. The monoisotopic (exact) mass is 250 g/mol. The van der Waals surface area contributed by atoms with Gasteiger partial charge in [-0.05, 0) is 18.1 Å². The van der Waals surface area contributed by atoms with Crippen LogP contribution in [0.5, 0.6) is 0 Å². The number of hydrogen-bond acceptors (Lipinski definition) is 3. The summed E-state index contributed by atoms with van der Waals surface area (Å²) in [6.45, 7) is 1.94. The van der Waals surface area contributed by atoms with Crippen molar-refractivity contribution in [1.82, 2.24) is 14.8 Å². The van der Waals surface area contributed by atoms with Crippen molar-refractivity contribution in [1.29, 1.82) is 0 Å². The third-order valence-electron chi connectivity index (χ3n) is 3.05. The molecule has 0 fully saturated rings. The molecule has 0 unspecified atom stereocenters. The third-order valence-corrected chi connectivity index (χ3v) is 3.05. The SMILES string of the molecule is Cc1cnc(-n2cc(-c3ccccc3)cn2)cc1N. The molecular weight excluding hydrogens is 236 g/mol. The van der Waals surface area contributed by atoms with Gasteiger partial charge in [-0.2, -0.15) is 5.10 Å². The molecule has 2 aromatic heterocycles. The zero-order valence-electron chi connectivity index (χ0n) is 10.6. The quantitative estimate of drug-likeness (QED) is 0.760. The van der Waals surface area contributed by atoms with Crippen molar-refractivity contribution >= 4 is 5.69 Å². The zero-order valence-corrected chi connectivity index (χ0v) is 10.6. The Hall–Kier alpha value is -2.62. The second-order valence-corrected chi connectivity index (χ2v) is 4.44. The van der Waals surface area contributed by atoms with E-state index >= 15 is 0 Å². The molecule has 4 heteroatoms. The van der Waals surface area contributed by atoms with Crippen LogP contribution in [0.25, 0.3) is 16.9 Å². The van der Waals surface area contributed by atoms with Crippen LogP contribution in [0.1, 0.15) is 5.56 Å². The lowest BCUT2D eigenvalue weighted by atomic mass is 10.1. The highest BCUT2D eigenvalue weighted by Gasteiger charge is 2.05. The molecule has 3 aromatic rings. The topological polar surface area (TPSA) is 56.7 Å². The maximum absolute atomic E-state index is 5.89. The first kappa shape index (κ1) is 11.5. The van der Waals surface area contributed by atoms with Crippen molar-refractivity contribution in [3.63, 3.8) is 0 Å². The number of anilines is 1. The minimum atomic E-state index is 0.724. The fourth-order valence-electron chi connectivity index (χ4n) is 1.88. The van der Waals surface area contributed by atoms with Gasteiger partial charge in [0.1, 0.15) is 0 Å². The first-order chi connectivity index (χ1) is 9.24. The lowest BCUT2D eigenvalue weighted by molar-refractivity contribution is 0.846. The Labute approximate surface area is 111 Å². The van der Waals surface area contributed by atoms with E-state index in [4.69, 9.17) is 5.73 Å². The van der Waals surface area contributed by atoms with Gasteiger partial charge in [0.25, 0.3) is 0 Å². The van der Waals surface area contributed by atoms with E-state index < -0.39 is 0 Å². The van der Waals surface area contributed by atoms with Gasteiger partial charge in [-0.3, -0.25) is 0 Å². The van der Waals surface area contributed by atoms with Crippen molar-refractivity contribution in [2.75, 3.05) is 5.73 Å². The number of pyridine rings is 1. The van der Waals surface area contributed by atoms with Gasteiger partial charge < -0.3 is 5.73 Å². The molecule has 0 amide bonds. The van der Waals surface area contributed by atoms with Crippen LogP contribution in [0.2, 0.25) is 0 Å². The number of hydrogen-bond donors (Lipinski definition) is 1. The second-order valence-electron chi connectivity index (χ2n) is 4.44. The van der Waals surface area contributed by atoms with Crippen molar-refractivity contribution in [2.45, 2.75) is 6.92 Å². The van der Waals surface area contributed by atoms with Gasteiger partial charge >= 0.3 is 0 Å². The van der Waals surface area contributed by atoms with Crippen LogP contribution in [0.15, 0.2) is 55.0 Å². The van der Waals surface area contributed by atoms with Gasteiger partial charge in [0.05, 0.1) is 6.20 Å². The van der Waals surface area contributed by atoms with Gasteiger partial charge in [0.15, 0.2) is 5.82 Å². The smallest absolute Gasteiger partial charge is 0.155 e. The molecule has 2 N–H and O–H groups in total. The van der Waals surface area contributed by atoms with Crippen LogP contribution in [0.4, 0.5) is 5.69 Å². The van der Waals surface area contributed by atoms with E-state index in [1.807, 2.05) is 43.6 Å². The number of rotatable bonds is 2. The minimum absolute atomic E-state index is 0.724. The normalized spacial score (nSPS) is 10.6. The number of nitrogens with two attached hydrogens (primary N) is 1. The Morgan fingerprint density at radius 3 is 2.58 bits per heavy atom. The van der Waals surface area contributed by atoms with E-state index in [1.165, 1.54) is 0 Å². The molecule has 3 rings (SSSR count). The van der Waals surface area contributed by atoms with Crippen molar-refractivity contribution in [2.24, 2.45) is 0 Å². The van der Waals surface area contributed by atoms with Crippen LogP contribution in [0.3, 0.4) is 0 Å². The number of aromatic nitrogens is 3. The molecule has 0 radical (unpaired) electrons. The summed E-state index contributed by atoms with van der Waals surface area (Å²) in [5.41, 5.74) is 9.78. The first-order valence-electron chi connectivity index (χ1n) is 6.06. The van der Waals surface area contributed by atoms with Crippen LogP contribution in [0, 0.1) is 6.92 Å². The third kappa shape index (κ3) is 2.20. The Kier molecular flexibility index (Phi) is 2.76. The molecule has 19 heavy (non-hydrogen) atoms. The van der Waals surface area contributed by atoms with E-state index in [1.54, 1.807) is 10.9 Å². The summed E-state index contributed by atoms with van der Waals surface area (Å²) in [4.78, 5) is 4.34. The highest BCUT2D eigenvalue weighted by atomic mass is 15.3. The Morgan fingerprint density at radius 1 is 1.05 bits per heavy atom. The zero-order chi connectivity index (χ0) is 13.2. The Morgan fingerprint density at radius 2 is 1.84 bits per heavy atom. The van der Waals surface area contributed by atoms with E-state index in [-0.39, 0.29) is 0 Å². The Bertz CT molecular complexity index is 701. The van der Waals surface area contributed by atoms with Crippen LogP contribution in [-0.2, 0) is 0 Å². The number of nitrogen functional groups attached to an aromatic ring is 1. The van der Waals surface area contributed by atoms with Crippen LogP contribution >= 0.6 is 0 Å². The summed E-state index contributed by atoms with van der Waals surface area (Å²) >= 11 is 0. The van der Waals surface area contributed by atoms with E-state index in [9.17, 15) is 0 Å². The minimum Gasteiger partial charge on any atom is -0.398 e. The number of benzene rings is 1. The molecule has 94 valence electrons. The van der Waals surface area contributed by atoms with Crippen LogP contribution < -0.4 is 5.73 Å². The van der Waals surface area contributed by atoms with Gasteiger partial charge in [0.2, 0.25) is 0 Å². The molecule has 0 aliphatic heterocycles. The largest absolute Gasteiger partial charge is 0.398 e. The van der Waals surface area contributed by atoms with E-state index in [2.05, 4.69) is 22.2 Å². The summed E-state index contributed by atoms with van der Waals surface area (Å²) in [5.74, 6) is 0.727. The number of nitrogens with zero attached hydrogens (tertiary/aromatic N) is 3. The highest BCUT2D eigenvalue weighted by Crippen LogP contribution is 2.20. The van der Waals surface area contributed by atoms with E-state index in [0.717, 1.165) is 28.2 Å². The van der Waals surface area contributed by atoms with Crippen molar-refractivity contribution < 1.29 is 0 Å². The standard InChI is InChI=1S/C15H14N4/c1-11-8-17-15(7-14(11)16)19-10-13(9-18-19)12-5-3-2-4-6-12/h2-10H,1H3,(H2,16,17). The lowest BCUT2D eigenvalue weighted by Gasteiger charge is -2.03. The summed E-state index contributed by atoms with van der Waals surface area (Å²) in [6.07, 6.45) is 5.54. The van der Waals surface area contributed by atoms with Crippen molar-refractivity contribution in [3.05, 3.63) is 60.6 Å². The molecule has 0 spiro atoms. The fraction of sp³-hybridized carbons (Fsp3) is 0.0667. The maximum Gasteiger partial charge on any atom is 0.155 e. The molecular formula is C15H14N4. The van der Waals surface area contributed by atoms with Crippen LogP contribution in [-0.4, -0.2) is 14.8 Å². The van der Waals surface area contributed by atoms with Gasteiger partial charge in [-0.25, -0.2) is 9.67 Å². The molecule has 0 aliphatic rings. The summed E-state index contributed by atoms with van der Waals surface area (Å²) in [7, 11) is 0. The van der Waals surface area contributed by atoms with Gasteiger partial charge in [-0.1, -0.05) is 30.3 Å². The van der Waals surface area contributed by atoms with Gasteiger partial charge in [-0.15, -0.1) is 0 Å². The van der Waals surface area contributed by atoms with Gasteiger partial charge in [0, 0.05) is 29.7 Å². The molecule has 2 heterocycles. The van der Waals surface area contributed by atoms with Crippen molar-refractivity contribution in [3.8, 4) is 16.9 Å². The fourth-order valence-corrected chi connectivity index (χ4v) is 1.88. The molecule has 0 bridgehead atoms. The molecule has 0 aliphatic carbocycles. The molecule has 0 atom stereocenters. The summed E-state index contributed by atoms with van der Waals surface area (Å²) in [5, 5.41) is 4.33. The number of aryl methyl sites for hydroxylation is 1.